The number of carbonyl (C=O) groups excluding carboxylic acids is 1. The molecule has 0 aliphatic heterocycles. The smallest absolute Gasteiger partial charge is 0.236 e. The normalized spacial score (nSPS) is 12.5. The van der Waals surface area contributed by atoms with E-state index in [9.17, 15) is 4.79 Å². The van der Waals surface area contributed by atoms with Crippen molar-refractivity contribution in [2.75, 3.05) is 7.05 Å². The first-order valence-corrected chi connectivity index (χ1v) is 5.05. The summed E-state index contributed by atoms with van der Waals surface area (Å²) in [5.41, 5.74) is 1.10. The minimum Gasteiger partial charge on any atom is -0.466 e. The maximum absolute atomic E-state index is 11.2. The van der Waals surface area contributed by atoms with Gasteiger partial charge in [0.05, 0.1) is 6.04 Å². The van der Waals surface area contributed by atoms with E-state index in [4.69, 9.17) is 4.42 Å². The SMILES string of the molecule is CNC(=O)[C@@H](C)NCc1cc(C)oc1C. The van der Waals surface area contributed by atoms with Gasteiger partial charge in [0.25, 0.3) is 0 Å². The van der Waals surface area contributed by atoms with Crippen LogP contribution < -0.4 is 10.6 Å². The van der Waals surface area contributed by atoms with Gasteiger partial charge in [0.1, 0.15) is 11.5 Å². The van der Waals surface area contributed by atoms with E-state index in [1.54, 1.807) is 7.05 Å². The molecule has 0 radical (unpaired) electrons. The molecule has 4 heteroatoms. The third kappa shape index (κ3) is 3.09. The monoisotopic (exact) mass is 210 g/mol. The summed E-state index contributed by atoms with van der Waals surface area (Å²) in [5, 5.41) is 5.73. The van der Waals surface area contributed by atoms with Crippen LogP contribution >= 0.6 is 0 Å². The zero-order chi connectivity index (χ0) is 11.4. The topological polar surface area (TPSA) is 54.3 Å². The second-order valence-electron chi connectivity index (χ2n) is 3.66. The predicted octanol–water partition coefficient (Wildman–Crippen LogP) is 1.12. The summed E-state index contributed by atoms with van der Waals surface area (Å²) in [6, 6.07) is 1.79. The van der Waals surface area contributed by atoms with Crippen LogP contribution in [-0.2, 0) is 11.3 Å². The van der Waals surface area contributed by atoms with Gasteiger partial charge in [-0.2, -0.15) is 0 Å². The van der Waals surface area contributed by atoms with Gasteiger partial charge in [0.2, 0.25) is 5.91 Å². The molecule has 1 amide bonds. The molecule has 0 bridgehead atoms. The number of nitrogens with one attached hydrogen (secondary N) is 2. The van der Waals surface area contributed by atoms with Crippen LogP contribution in [0.4, 0.5) is 0 Å². The fourth-order valence-corrected chi connectivity index (χ4v) is 1.43. The fraction of sp³-hybridized carbons (Fsp3) is 0.545. The summed E-state index contributed by atoms with van der Waals surface area (Å²) in [6.07, 6.45) is 0. The molecule has 2 N–H and O–H groups in total. The maximum Gasteiger partial charge on any atom is 0.236 e. The quantitative estimate of drug-likeness (QED) is 0.783. The highest BCUT2D eigenvalue weighted by Gasteiger charge is 2.11. The maximum atomic E-state index is 11.2. The molecule has 0 aromatic carbocycles. The van der Waals surface area contributed by atoms with Crippen molar-refractivity contribution in [1.29, 1.82) is 0 Å². The van der Waals surface area contributed by atoms with E-state index in [-0.39, 0.29) is 11.9 Å². The van der Waals surface area contributed by atoms with Crippen LogP contribution in [0, 0.1) is 13.8 Å². The van der Waals surface area contributed by atoms with Crippen molar-refractivity contribution in [3.8, 4) is 0 Å². The lowest BCUT2D eigenvalue weighted by atomic mass is 10.2. The molecule has 1 aromatic rings. The predicted molar refractivity (Wildman–Crippen MR) is 58.6 cm³/mol. The minimum atomic E-state index is -0.190. The molecule has 4 nitrogen and oxygen atoms in total. The molecule has 15 heavy (non-hydrogen) atoms. The molecular formula is C11H18N2O2. The van der Waals surface area contributed by atoms with Crippen molar-refractivity contribution in [2.45, 2.75) is 33.4 Å². The van der Waals surface area contributed by atoms with Gasteiger partial charge in [-0.15, -0.1) is 0 Å². The highest BCUT2D eigenvalue weighted by atomic mass is 16.3. The van der Waals surface area contributed by atoms with Crippen molar-refractivity contribution in [2.24, 2.45) is 0 Å². The van der Waals surface area contributed by atoms with Crippen molar-refractivity contribution in [3.05, 3.63) is 23.2 Å². The van der Waals surface area contributed by atoms with Crippen LogP contribution in [0.1, 0.15) is 24.0 Å². The fourth-order valence-electron chi connectivity index (χ4n) is 1.43. The van der Waals surface area contributed by atoms with Gasteiger partial charge in [-0.25, -0.2) is 0 Å². The van der Waals surface area contributed by atoms with E-state index in [0.717, 1.165) is 17.1 Å². The van der Waals surface area contributed by atoms with Crippen LogP contribution in [0.15, 0.2) is 10.5 Å². The summed E-state index contributed by atoms with van der Waals surface area (Å²) in [7, 11) is 1.63. The molecule has 0 aliphatic carbocycles. The third-order valence-electron chi connectivity index (χ3n) is 2.38. The molecule has 1 heterocycles. The molecule has 0 saturated heterocycles. The van der Waals surface area contributed by atoms with E-state index in [1.807, 2.05) is 26.8 Å². The average molecular weight is 210 g/mol. The number of hydrogen-bond acceptors (Lipinski definition) is 3. The van der Waals surface area contributed by atoms with Crippen molar-refractivity contribution < 1.29 is 9.21 Å². The van der Waals surface area contributed by atoms with E-state index >= 15 is 0 Å². The van der Waals surface area contributed by atoms with E-state index < -0.39 is 0 Å². The van der Waals surface area contributed by atoms with Gasteiger partial charge in [-0.05, 0) is 26.8 Å². The molecule has 0 saturated carbocycles. The number of amides is 1. The lowest BCUT2D eigenvalue weighted by Crippen LogP contribution is -2.40. The second-order valence-corrected chi connectivity index (χ2v) is 3.66. The molecule has 0 unspecified atom stereocenters. The molecule has 1 rings (SSSR count). The standard InChI is InChI=1S/C11H18N2O2/c1-7-5-10(9(3)15-7)6-13-8(2)11(14)12-4/h5,8,13H,6H2,1-4H3,(H,12,14)/t8-/m1/s1. The van der Waals surface area contributed by atoms with Crippen LogP contribution in [0.25, 0.3) is 0 Å². The van der Waals surface area contributed by atoms with Crippen LogP contribution in [-0.4, -0.2) is 19.0 Å². The number of likely N-dealkylation sites (N-methyl/N-ethyl adjacent to an activating group) is 1. The Balaban J connectivity index is 2.50. The highest BCUT2D eigenvalue weighted by molar-refractivity contribution is 5.80. The first-order valence-electron chi connectivity index (χ1n) is 5.05. The first-order chi connectivity index (χ1) is 7.04. The van der Waals surface area contributed by atoms with Gasteiger partial charge in [0, 0.05) is 19.2 Å². The molecule has 0 fully saturated rings. The first kappa shape index (κ1) is 11.8. The summed E-state index contributed by atoms with van der Waals surface area (Å²) in [5.74, 6) is 1.80. The highest BCUT2D eigenvalue weighted by Crippen LogP contribution is 2.13. The van der Waals surface area contributed by atoms with Crippen LogP contribution in [0.2, 0.25) is 0 Å². The number of carbonyl (C=O) groups is 1. The van der Waals surface area contributed by atoms with Gasteiger partial charge >= 0.3 is 0 Å². The molecule has 0 spiro atoms. The Labute approximate surface area is 90.0 Å². The second kappa shape index (κ2) is 4.98. The minimum absolute atomic E-state index is 0.00660. The largest absolute Gasteiger partial charge is 0.466 e. The number of furan rings is 1. The van der Waals surface area contributed by atoms with E-state index in [0.29, 0.717) is 6.54 Å². The zero-order valence-electron chi connectivity index (χ0n) is 9.68. The van der Waals surface area contributed by atoms with Gasteiger partial charge < -0.3 is 15.1 Å². The van der Waals surface area contributed by atoms with Crippen LogP contribution in [0.3, 0.4) is 0 Å². The van der Waals surface area contributed by atoms with Gasteiger partial charge in [0.15, 0.2) is 0 Å². The van der Waals surface area contributed by atoms with Crippen molar-refractivity contribution in [3.63, 3.8) is 0 Å². The lowest BCUT2D eigenvalue weighted by Gasteiger charge is -2.11. The lowest BCUT2D eigenvalue weighted by molar-refractivity contribution is -0.122. The Morgan fingerprint density at radius 2 is 2.20 bits per heavy atom. The number of aryl methyl sites for hydroxylation is 2. The van der Waals surface area contributed by atoms with Gasteiger partial charge in [-0.3, -0.25) is 4.79 Å². The Kier molecular flexibility index (Phi) is 3.91. The zero-order valence-corrected chi connectivity index (χ0v) is 9.68. The van der Waals surface area contributed by atoms with E-state index in [2.05, 4.69) is 10.6 Å². The van der Waals surface area contributed by atoms with Crippen LogP contribution in [0.5, 0.6) is 0 Å². The molecular weight excluding hydrogens is 192 g/mol. The Hall–Kier alpha value is -1.29. The summed E-state index contributed by atoms with van der Waals surface area (Å²) < 4.78 is 5.39. The number of rotatable bonds is 4. The molecule has 1 aromatic heterocycles. The Bertz CT molecular complexity index is 344. The summed E-state index contributed by atoms with van der Waals surface area (Å²) >= 11 is 0. The van der Waals surface area contributed by atoms with E-state index in [1.165, 1.54) is 0 Å². The average Bonchev–Trinajstić information content (AvgIpc) is 2.52. The third-order valence-corrected chi connectivity index (χ3v) is 2.38. The molecule has 0 aliphatic rings. The van der Waals surface area contributed by atoms with Gasteiger partial charge in [-0.1, -0.05) is 0 Å². The van der Waals surface area contributed by atoms with Crippen molar-refractivity contribution >= 4 is 5.91 Å². The number of hydrogen-bond donors (Lipinski definition) is 2. The van der Waals surface area contributed by atoms with Crippen molar-refractivity contribution in [1.82, 2.24) is 10.6 Å². The summed E-state index contributed by atoms with van der Waals surface area (Å²) in [4.78, 5) is 11.2. The summed E-state index contributed by atoms with van der Waals surface area (Å²) in [6.45, 7) is 6.33. The molecule has 1 atom stereocenters. The Morgan fingerprint density at radius 1 is 1.53 bits per heavy atom. The Morgan fingerprint density at radius 3 is 2.67 bits per heavy atom. The molecule has 84 valence electrons.